The molecule has 3 nitrogen and oxygen atoms in total. The molecule has 0 aromatic heterocycles. The first kappa shape index (κ1) is 10.5. The minimum absolute atomic E-state index is 0.764. The van der Waals surface area contributed by atoms with Gasteiger partial charge in [-0.2, -0.15) is 0 Å². The summed E-state index contributed by atoms with van der Waals surface area (Å²) < 4.78 is 15.3. The first-order chi connectivity index (χ1) is 6.26. The molecule has 4 heteroatoms. The van der Waals surface area contributed by atoms with Crippen LogP contribution in [0.2, 0.25) is 0 Å². The maximum atomic E-state index is 5.39. The molecule has 0 atom stereocenters. The van der Waals surface area contributed by atoms with Crippen molar-refractivity contribution >= 4 is 8.60 Å². The van der Waals surface area contributed by atoms with Crippen molar-refractivity contribution in [3.63, 3.8) is 0 Å². The monoisotopic (exact) mass is 200 g/mol. The van der Waals surface area contributed by atoms with Crippen LogP contribution < -0.4 is 4.52 Å². The Hall–Kier alpha value is -0.630. The zero-order valence-corrected chi connectivity index (χ0v) is 8.88. The summed E-state index contributed by atoms with van der Waals surface area (Å²) in [4.78, 5) is 0. The fourth-order valence-corrected chi connectivity index (χ4v) is 1.43. The molecular weight excluding hydrogens is 187 g/mol. The van der Waals surface area contributed by atoms with Gasteiger partial charge in [-0.15, -0.1) is 0 Å². The summed E-state index contributed by atoms with van der Waals surface area (Å²) in [5.74, 6) is 0.764. The van der Waals surface area contributed by atoms with Crippen LogP contribution >= 0.6 is 8.60 Å². The van der Waals surface area contributed by atoms with Crippen LogP contribution in [-0.2, 0) is 9.05 Å². The lowest BCUT2D eigenvalue weighted by molar-refractivity contribution is 0.277. The van der Waals surface area contributed by atoms with E-state index in [1.807, 2.05) is 31.2 Å². The van der Waals surface area contributed by atoms with Gasteiger partial charge in [0, 0.05) is 14.2 Å². The van der Waals surface area contributed by atoms with Crippen LogP contribution in [0, 0.1) is 6.92 Å². The lowest BCUT2D eigenvalue weighted by Gasteiger charge is -2.12. The molecular formula is C9H13O3P. The SMILES string of the molecule is COP(OC)Oc1ccc(C)cc1. The van der Waals surface area contributed by atoms with Crippen molar-refractivity contribution in [3.05, 3.63) is 29.8 Å². The second-order valence-electron chi connectivity index (χ2n) is 2.49. The number of rotatable bonds is 4. The van der Waals surface area contributed by atoms with E-state index in [2.05, 4.69) is 0 Å². The van der Waals surface area contributed by atoms with Crippen molar-refractivity contribution in [2.24, 2.45) is 0 Å². The standard InChI is InChI=1S/C9H13O3P/c1-8-4-6-9(7-5-8)12-13(10-2)11-3/h4-7H,1-3H3. The lowest BCUT2D eigenvalue weighted by Crippen LogP contribution is -1.91. The summed E-state index contributed by atoms with van der Waals surface area (Å²) in [6, 6.07) is 7.74. The normalized spacial score (nSPS) is 10.5. The van der Waals surface area contributed by atoms with Gasteiger partial charge < -0.3 is 13.6 Å². The zero-order chi connectivity index (χ0) is 9.68. The summed E-state index contributed by atoms with van der Waals surface area (Å²) in [7, 11) is 1.88. The number of hydrogen-bond donors (Lipinski definition) is 0. The van der Waals surface area contributed by atoms with E-state index in [0.29, 0.717) is 0 Å². The molecule has 0 saturated carbocycles. The molecule has 0 bridgehead atoms. The highest BCUT2D eigenvalue weighted by atomic mass is 31.2. The number of hydrogen-bond acceptors (Lipinski definition) is 3. The molecule has 0 aliphatic heterocycles. The summed E-state index contributed by atoms with van der Waals surface area (Å²) in [5, 5.41) is 0. The van der Waals surface area contributed by atoms with Gasteiger partial charge in [-0.1, -0.05) is 17.7 Å². The van der Waals surface area contributed by atoms with Crippen molar-refractivity contribution in [1.29, 1.82) is 0 Å². The predicted molar refractivity (Wildman–Crippen MR) is 52.7 cm³/mol. The fourth-order valence-electron chi connectivity index (χ4n) is 0.834. The highest BCUT2D eigenvalue weighted by molar-refractivity contribution is 7.42. The molecule has 0 N–H and O–H groups in total. The van der Waals surface area contributed by atoms with Crippen molar-refractivity contribution in [2.45, 2.75) is 6.92 Å². The van der Waals surface area contributed by atoms with Crippen LogP contribution in [0.15, 0.2) is 24.3 Å². The third kappa shape index (κ3) is 3.31. The Labute approximate surface area is 79.6 Å². The Morgan fingerprint density at radius 3 is 2.00 bits per heavy atom. The average molecular weight is 200 g/mol. The van der Waals surface area contributed by atoms with Gasteiger partial charge in [-0.05, 0) is 19.1 Å². The molecule has 0 radical (unpaired) electrons. The van der Waals surface area contributed by atoms with Gasteiger partial charge >= 0.3 is 8.60 Å². The van der Waals surface area contributed by atoms with Gasteiger partial charge in [0.1, 0.15) is 5.75 Å². The molecule has 1 aromatic carbocycles. The highest BCUT2D eigenvalue weighted by Gasteiger charge is 2.08. The summed E-state index contributed by atoms with van der Waals surface area (Å²) >= 11 is 0. The van der Waals surface area contributed by atoms with Crippen molar-refractivity contribution in [1.82, 2.24) is 0 Å². The minimum atomic E-state index is -1.24. The van der Waals surface area contributed by atoms with Crippen LogP contribution in [0.1, 0.15) is 5.56 Å². The molecule has 0 amide bonds. The molecule has 0 spiro atoms. The number of aryl methyl sites for hydroxylation is 1. The Morgan fingerprint density at radius 2 is 1.54 bits per heavy atom. The van der Waals surface area contributed by atoms with Crippen molar-refractivity contribution in [2.75, 3.05) is 14.2 Å². The minimum Gasteiger partial charge on any atom is -0.427 e. The average Bonchev–Trinajstić information content (AvgIpc) is 2.17. The Bertz CT molecular complexity index is 244. The topological polar surface area (TPSA) is 27.7 Å². The van der Waals surface area contributed by atoms with Gasteiger partial charge in [0.2, 0.25) is 0 Å². The molecule has 0 aliphatic rings. The van der Waals surface area contributed by atoms with Crippen LogP contribution in [-0.4, -0.2) is 14.2 Å². The van der Waals surface area contributed by atoms with Gasteiger partial charge in [-0.25, -0.2) is 0 Å². The van der Waals surface area contributed by atoms with E-state index in [9.17, 15) is 0 Å². The molecule has 13 heavy (non-hydrogen) atoms. The van der Waals surface area contributed by atoms with Crippen LogP contribution in [0.3, 0.4) is 0 Å². The lowest BCUT2D eigenvalue weighted by atomic mass is 10.2. The van der Waals surface area contributed by atoms with E-state index in [4.69, 9.17) is 13.6 Å². The van der Waals surface area contributed by atoms with E-state index in [-0.39, 0.29) is 0 Å². The van der Waals surface area contributed by atoms with E-state index in [0.717, 1.165) is 5.75 Å². The van der Waals surface area contributed by atoms with E-state index >= 15 is 0 Å². The van der Waals surface area contributed by atoms with E-state index < -0.39 is 8.60 Å². The molecule has 0 saturated heterocycles. The molecule has 0 unspecified atom stereocenters. The Kier molecular flexibility index (Phi) is 4.16. The maximum Gasteiger partial charge on any atom is 0.396 e. The van der Waals surface area contributed by atoms with E-state index in [1.165, 1.54) is 5.56 Å². The van der Waals surface area contributed by atoms with Gasteiger partial charge in [0.25, 0.3) is 0 Å². The van der Waals surface area contributed by atoms with Crippen LogP contribution in [0.4, 0.5) is 0 Å². The van der Waals surface area contributed by atoms with Crippen LogP contribution in [0.25, 0.3) is 0 Å². The second kappa shape index (κ2) is 5.18. The third-order valence-electron chi connectivity index (χ3n) is 1.50. The largest absolute Gasteiger partial charge is 0.427 e. The Morgan fingerprint density at radius 1 is 1.00 bits per heavy atom. The van der Waals surface area contributed by atoms with Gasteiger partial charge in [0.05, 0.1) is 0 Å². The first-order valence-electron chi connectivity index (χ1n) is 3.89. The molecule has 0 aliphatic carbocycles. The molecule has 72 valence electrons. The quantitative estimate of drug-likeness (QED) is 0.699. The molecule has 0 heterocycles. The molecule has 1 rings (SSSR count). The molecule has 1 aromatic rings. The molecule has 0 fully saturated rings. The number of benzene rings is 1. The smallest absolute Gasteiger partial charge is 0.396 e. The first-order valence-corrected chi connectivity index (χ1v) is 4.99. The second-order valence-corrected chi connectivity index (χ2v) is 3.85. The summed E-state index contributed by atoms with van der Waals surface area (Å²) in [6.45, 7) is 2.03. The maximum absolute atomic E-state index is 5.39. The van der Waals surface area contributed by atoms with Gasteiger partial charge in [0.15, 0.2) is 0 Å². The van der Waals surface area contributed by atoms with E-state index in [1.54, 1.807) is 14.2 Å². The Balaban J connectivity index is 2.58. The van der Waals surface area contributed by atoms with Crippen molar-refractivity contribution in [3.8, 4) is 5.75 Å². The van der Waals surface area contributed by atoms with Gasteiger partial charge in [-0.3, -0.25) is 0 Å². The summed E-state index contributed by atoms with van der Waals surface area (Å²) in [6.07, 6.45) is 0. The zero-order valence-electron chi connectivity index (χ0n) is 7.98. The van der Waals surface area contributed by atoms with Crippen LogP contribution in [0.5, 0.6) is 5.75 Å². The highest BCUT2D eigenvalue weighted by Crippen LogP contribution is 2.38. The fraction of sp³-hybridized carbons (Fsp3) is 0.333. The summed E-state index contributed by atoms with van der Waals surface area (Å²) in [5.41, 5.74) is 1.20. The van der Waals surface area contributed by atoms with Crippen molar-refractivity contribution < 1.29 is 13.6 Å². The third-order valence-corrected chi connectivity index (χ3v) is 2.46. The predicted octanol–water partition coefficient (Wildman–Crippen LogP) is 2.89.